The first-order chi connectivity index (χ1) is 3.80. The molecule has 1 fully saturated rings. The van der Waals surface area contributed by atoms with Crippen molar-refractivity contribution >= 4 is 0 Å². The molecule has 0 aromatic heterocycles. The second-order valence-electron chi connectivity index (χ2n) is 2.37. The molecule has 1 aliphatic rings. The molecular weight excluding hydrogens is 215 g/mol. The molecule has 1 aliphatic heterocycles. The van der Waals surface area contributed by atoms with Gasteiger partial charge in [-0.3, -0.25) is 0 Å². The molecule has 8 heavy (non-hydrogen) atoms. The third-order valence-electron chi connectivity index (χ3n) is 1.62. The van der Waals surface area contributed by atoms with Gasteiger partial charge in [-0.15, -0.1) is 0 Å². The van der Waals surface area contributed by atoms with E-state index in [0.29, 0.717) is 27.1 Å². The van der Waals surface area contributed by atoms with Crippen LogP contribution in [0.1, 0.15) is 13.3 Å². The fourth-order valence-electron chi connectivity index (χ4n) is 0.783. The van der Waals surface area contributed by atoms with Crippen molar-refractivity contribution in [3.8, 4) is 0 Å². The number of rotatable bonds is 0. The van der Waals surface area contributed by atoms with Gasteiger partial charge in [-0.05, 0) is 0 Å². The van der Waals surface area contributed by atoms with Gasteiger partial charge in [-0.2, -0.15) is 0 Å². The standard InChI is InChI=1S/C6H12IO/c1-5-2-3-7-4-6(5)8/h5-6,8H,2-4H2,1H3/q-1. The van der Waals surface area contributed by atoms with Gasteiger partial charge in [-0.25, -0.2) is 0 Å². The summed E-state index contributed by atoms with van der Waals surface area (Å²) in [6.07, 6.45) is 1.32. The zero-order valence-electron chi connectivity index (χ0n) is 5.10. The van der Waals surface area contributed by atoms with Crippen molar-refractivity contribution in [1.29, 1.82) is 0 Å². The van der Waals surface area contributed by atoms with Crippen LogP contribution in [0.25, 0.3) is 0 Å². The van der Waals surface area contributed by atoms with Crippen LogP contribution in [0.2, 0.25) is 0 Å². The maximum absolute atomic E-state index is 9.21. The van der Waals surface area contributed by atoms with Gasteiger partial charge in [0.2, 0.25) is 0 Å². The van der Waals surface area contributed by atoms with Crippen LogP contribution in [-0.2, 0) is 0 Å². The van der Waals surface area contributed by atoms with E-state index in [1.165, 1.54) is 10.8 Å². The van der Waals surface area contributed by atoms with Crippen LogP contribution in [0.5, 0.6) is 0 Å². The number of halogens is 1. The van der Waals surface area contributed by atoms with E-state index in [4.69, 9.17) is 0 Å². The summed E-state index contributed by atoms with van der Waals surface area (Å²) in [7, 11) is 0. The zero-order valence-corrected chi connectivity index (χ0v) is 7.26. The van der Waals surface area contributed by atoms with Gasteiger partial charge in [0.1, 0.15) is 0 Å². The van der Waals surface area contributed by atoms with Gasteiger partial charge in [0, 0.05) is 0 Å². The van der Waals surface area contributed by atoms with Gasteiger partial charge in [0.25, 0.3) is 0 Å². The average Bonchev–Trinajstić information content (AvgIpc) is 1.77. The molecule has 0 aromatic carbocycles. The normalized spacial score (nSPS) is 40.8. The number of alkyl halides is 2. The zero-order chi connectivity index (χ0) is 5.98. The molecule has 50 valence electrons. The summed E-state index contributed by atoms with van der Waals surface area (Å²) < 4.78 is 2.57. The molecule has 2 heteroatoms. The first kappa shape index (κ1) is 6.81. The van der Waals surface area contributed by atoms with E-state index in [0.717, 1.165) is 4.43 Å². The van der Waals surface area contributed by atoms with Crippen molar-refractivity contribution in [2.24, 2.45) is 5.92 Å². The molecule has 0 spiro atoms. The monoisotopic (exact) mass is 227 g/mol. The van der Waals surface area contributed by atoms with Crippen LogP contribution < -0.4 is 21.2 Å². The molecule has 1 nitrogen and oxygen atoms in total. The third kappa shape index (κ3) is 1.58. The minimum atomic E-state index is 0.0524. The Bertz CT molecular complexity index is 64.9. The van der Waals surface area contributed by atoms with Crippen LogP contribution >= 0.6 is 0 Å². The van der Waals surface area contributed by atoms with Crippen molar-refractivity contribution in [3.63, 3.8) is 0 Å². The molecule has 0 aliphatic carbocycles. The number of hydrogen-bond donors (Lipinski definition) is 1. The molecule has 2 atom stereocenters. The Balaban J connectivity index is 2.28. The summed E-state index contributed by atoms with van der Waals surface area (Å²) in [5.41, 5.74) is 0. The average molecular weight is 227 g/mol. The Morgan fingerprint density at radius 2 is 2.38 bits per heavy atom. The van der Waals surface area contributed by atoms with E-state index in [1.807, 2.05) is 0 Å². The molecule has 1 heterocycles. The Labute approximate surface area is 60.7 Å². The van der Waals surface area contributed by atoms with Crippen molar-refractivity contribution in [3.05, 3.63) is 0 Å². The third-order valence-corrected chi connectivity index (χ3v) is 4.53. The topological polar surface area (TPSA) is 20.2 Å². The molecule has 2 unspecified atom stereocenters. The molecule has 1 rings (SSSR count). The van der Waals surface area contributed by atoms with Gasteiger partial charge in [0.05, 0.1) is 0 Å². The fraction of sp³-hybridized carbons (Fsp3) is 1.00. The van der Waals surface area contributed by atoms with Gasteiger partial charge < -0.3 is 0 Å². The quantitative estimate of drug-likeness (QED) is 0.357. The molecule has 1 saturated heterocycles. The van der Waals surface area contributed by atoms with Crippen LogP contribution in [0.3, 0.4) is 0 Å². The van der Waals surface area contributed by atoms with Crippen LogP contribution in [0.15, 0.2) is 0 Å². The molecule has 0 amide bonds. The second-order valence-corrected chi connectivity index (χ2v) is 5.40. The van der Waals surface area contributed by atoms with Crippen molar-refractivity contribution < 1.29 is 26.3 Å². The molecular formula is C6H12IO-. The van der Waals surface area contributed by atoms with Crippen LogP contribution in [0, 0.1) is 5.92 Å². The summed E-state index contributed by atoms with van der Waals surface area (Å²) >= 11 is 0.397. The maximum atomic E-state index is 9.21. The predicted octanol–water partition coefficient (Wildman–Crippen LogP) is -2.52. The van der Waals surface area contributed by atoms with Crippen molar-refractivity contribution in [1.82, 2.24) is 0 Å². The van der Waals surface area contributed by atoms with E-state index >= 15 is 0 Å². The van der Waals surface area contributed by atoms with E-state index in [-0.39, 0.29) is 6.10 Å². The van der Waals surface area contributed by atoms with Crippen LogP contribution in [0.4, 0.5) is 0 Å². The summed E-state index contributed by atoms with van der Waals surface area (Å²) in [5, 5.41) is 9.21. The second kappa shape index (κ2) is 3.01. The SMILES string of the molecule is CC1CC[I-]CC1O. The molecule has 1 N–H and O–H groups in total. The molecule has 0 aromatic rings. The van der Waals surface area contributed by atoms with Gasteiger partial charge >= 0.3 is 60.5 Å². The predicted molar refractivity (Wildman–Crippen MR) is 29.5 cm³/mol. The van der Waals surface area contributed by atoms with E-state index in [2.05, 4.69) is 6.92 Å². The minimum absolute atomic E-state index is 0.0524. The summed E-state index contributed by atoms with van der Waals surface area (Å²) in [5.74, 6) is 0.587. The fourth-order valence-corrected chi connectivity index (χ4v) is 4.15. The molecule has 0 radical (unpaired) electrons. The Hall–Kier alpha value is 0.690. The van der Waals surface area contributed by atoms with Crippen LogP contribution in [-0.4, -0.2) is 20.1 Å². The van der Waals surface area contributed by atoms with E-state index in [1.54, 1.807) is 0 Å². The van der Waals surface area contributed by atoms with E-state index < -0.39 is 0 Å². The first-order valence-corrected chi connectivity index (χ1v) is 6.07. The summed E-state index contributed by atoms with van der Waals surface area (Å²) in [6, 6.07) is 0. The van der Waals surface area contributed by atoms with Gasteiger partial charge in [0.15, 0.2) is 0 Å². The van der Waals surface area contributed by atoms with E-state index in [9.17, 15) is 5.11 Å². The summed E-state index contributed by atoms with van der Waals surface area (Å²) in [6.45, 7) is 2.15. The Morgan fingerprint density at radius 1 is 1.62 bits per heavy atom. The molecule has 0 saturated carbocycles. The molecule has 0 bridgehead atoms. The number of aliphatic hydroxyl groups excluding tert-OH is 1. The summed E-state index contributed by atoms with van der Waals surface area (Å²) in [4.78, 5) is 0. The van der Waals surface area contributed by atoms with Crippen molar-refractivity contribution in [2.45, 2.75) is 19.4 Å². The Morgan fingerprint density at radius 3 is 2.75 bits per heavy atom. The first-order valence-electron chi connectivity index (χ1n) is 3.02. The Kier molecular flexibility index (Phi) is 2.56. The van der Waals surface area contributed by atoms with Crippen molar-refractivity contribution in [2.75, 3.05) is 8.86 Å². The number of aliphatic hydroxyl groups is 1. The van der Waals surface area contributed by atoms with Gasteiger partial charge in [-0.1, -0.05) is 0 Å². The number of hydrogen-bond acceptors (Lipinski definition) is 1.